The maximum Gasteiger partial charge on any atom is 0.354 e. The van der Waals surface area contributed by atoms with E-state index in [1.54, 1.807) is 24.4 Å². The highest BCUT2D eigenvalue weighted by Crippen LogP contribution is 2.19. The lowest BCUT2D eigenvalue weighted by atomic mass is 10.2. The van der Waals surface area contributed by atoms with Gasteiger partial charge in [-0.3, -0.25) is 9.78 Å². The first kappa shape index (κ1) is 17.7. The normalized spacial score (nSPS) is 11.5. The molecule has 0 aliphatic carbocycles. The molecule has 0 spiro atoms. The Kier molecular flexibility index (Phi) is 6.95. The van der Waals surface area contributed by atoms with Crippen LogP contribution in [0.25, 0.3) is 0 Å². The second-order valence-corrected chi connectivity index (χ2v) is 5.32. The molecule has 0 radical (unpaired) electrons. The summed E-state index contributed by atoms with van der Waals surface area (Å²) < 4.78 is 10.6. The third kappa shape index (κ3) is 5.50. The zero-order valence-corrected chi connectivity index (χ0v) is 13.7. The van der Waals surface area contributed by atoms with Gasteiger partial charge in [-0.05, 0) is 24.1 Å². The summed E-state index contributed by atoms with van der Waals surface area (Å²) in [5, 5.41) is 0. The average Bonchev–Trinajstić information content (AvgIpc) is 2.64. The van der Waals surface area contributed by atoms with Gasteiger partial charge in [0.1, 0.15) is 6.61 Å². The molecule has 0 aliphatic rings. The van der Waals surface area contributed by atoms with Crippen LogP contribution in [0.1, 0.15) is 43.5 Å². The summed E-state index contributed by atoms with van der Waals surface area (Å²) in [4.78, 5) is 28.4. The number of benzene rings is 1. The van der Waals surface area contributed by atoms with E-state index in [1.807, 2.05) is 37.3 Å². The molecular weight excluding hydrogens is 306 g/mol. The van der Waals surface area contributed by atoms with Crippen molar-refractivity contribution in [1.82, 2.24) is 4.98 Å². The van der Waals surface area contributed by atoms with Gasteiger partial charge >= 0.3 is 11.9 Å². The van der Waals surface area contributed by atoms with Crippen LogP contribution in [0.15, 0.2) is 54.7 Å². The van der Waals surface area contributed by atoms with Gasteiger partial charge in [0.2, 0.25) is 6.10 Å². The Labute approximate surface area is 141 Å². The second kappa shape index (κ2) is 9.45. The zero-order valence-electron chi connectivity index (χ0n) is 13.7. The molecule has 5 nitrogen and oxygen atoms in total. The number of ether oxygens (including phenoxy) is 2. The molecule has 0 bridgehead atoms. The molecule has 0 saturated heterocycles. The van der Waals surface area contributed by atoms with Gasteiger partial charge in [-0.15, -0.1) is 0 Å². The summed E-state index contributed by atoms with van der Waals surface area (Å²) in [7, 11) is 0. The molecule has 1 heterocycles. The number of carbonyl (C=O) groups is 2. The van der Waals surface area contributed by atoms with Crippen molar-refractivity contribution in [3.05, 3.63) is 66.0 Å². The molecule has 1 atom stereocenters. The molecule has 24 heavy (non-hydrogen) atoms. The zero-order chi connectivity index (χ0) is 17.2. The van der Waals surface area contributed by atoms with Gasteiger partial charge in [0.15, 0.2) is 0 Å². The summed E-state index contributed by atoms with van der Waals surface area (Å²) in [6.07, 6.45) is 2.27. The van der Waals surface area contributed by atoms with Gasteiger partial charge in [0, 0.05) is 12.6 Å². The Bertz CT molecular complexity index is 643. The third-order valence-electron chi connectivity index (χ3n) is 3.38. The molecule has 2 rings (SSSR count). The summed E-state index contributed by atoms with van der Waals surface area (Å²) >= 11 is 0. The van der Waals surface area contributed by atoms with Crippen LogP contribution in [0.2, 0.25) is 0 Å². The minimum atomic E-state index is -1.14. The molecule has 1 aromatic heterocycles. The molecule has 1 aromatic carbocycles. The highest BCUT2D eigenvalue weighted by molar-refractivity contribution is 5.80. The number of rotatable bonds is 8. The summed E-state index contributed by atoms with van der Waals surface area (Å²) in [6.45, 7) is 2.10. The van der Waals surface area contributed by atoms with E-state index in [0.717, 1.165) is 12.0 Å². The minimum Gasteiger partial charge on any atom is -0.458 e. The third-order valence-corrected chi connectivity index (χ3v) is 3.38. The van der Waals surface area contributed by atoms with Gasteiger partial charge in [0.25, 0.3) is 0 Å². The standard InChI is InChI=1S/C19H21NO4/c1-2-3-12-17(21)24-18(16-11-7-8-13-20-16)19(22)23-14-15-9-5-4-6-10-15/h4-11,13,18H,2-3,12,14H2,1H3. The molecule has 0 N–H and O–H groups in total. The van der Waals surface area contributed by atoms with Crippen molar-refractivity contribution in [2.24, 2.45) is 0 Å². The van der Waals surface area contributed by atoms with E-state index in [-0.39, 0.29) is 13.0 Å². The number of carbonyl (C=O) groups excluding carboxylic acids is 2. The van der Waals surface area contributed by atoms with E-state index < -0.39 is 18.0 Å². The van der Waals surface area contributed by atoms with Crippen molar-refractivity contribution >= 4 is 11.9 Å². The molecule has 0 fully saturated rings. The summed E-state index contributed by atoms with van der Waals surface area (Å²) in [6, 6.07) is 14.4. The number of hydrogen-bond acceptors (Lipinski definition) is 5. The van der Waals surface area contributed by atoms with Gasteiger partial charge in [0.05, 0.1) is 5.69 Å². The Morgan fingerprint density at radius 2 is 1.83 bits per heavy atom. The van der Waals surface area contributed by atoms with Crippen molar-refractivity contribution in [1.29, 1.82) is 0 Å². The van der Waals surface area contributed by atoms with E-state index in [4.69, 9.17) is 9.47 Å². The van der Waals surface area contributed by atoms with Gasteiger partial charge < -0.3 is 9.47 Å². The van der Waals surface area contributed by atoms with Crippen LogP contribution >= 0.6 is 0 Å². The molecule has 2 aromatic rings. The number of esters is 2. The molecule has 5 heteroatoms. The SMILES string of the molecule is CCCCC(=O)OC(C(=O)OCc1ccccc1)c1ccccn1. The monoisotopic (exact) mass is 327 g/mol. The lowest BCUT2D eigenvalue weighted by Gasteiger charge is -2.16. The average molecular weight is 327 g/mol. The van der Waals surface area contributed by atoms with Crippen molar-refractivity contribution in [2.75, 3.05) is 0 Å². The smallest absolute Gasteiger partial charge is 0.354 e. The first-order valence-electron chi connectivity index (χ1n) is 8.01. The van der Waals surface area contributed by atoms with Crippen LogP contribution in [-0.4, -0.2) is 16.9 Å². The van der Waals surface area contributed by atoms with E-state index in [0.29, 0.717) is 12.1 Å². The summed E-state index contributed by atoms with van der Waals surface area (Å²) in [5.74, 6) is -1.05. The second-order valence-electron chi connectivity index (χ2n) is 5.32. The van der Waals surface area contributed by atoms with Crippen molar-refractivity contribution in [2.45, 2.75) is 38.9 Å². The Morgan fingerprint density at radius 3 is 2.50 bits per heavy atom. The first-order valence-corrected chi connectivity index (χ1v) is 8.01. The largest absolute Gasteiger partial charge is 0.458 e. The highest BCUT2D eigenvalue weighted by Gasteiger charge is 2.27. The van der Waals surface area contributed by atoms with Gasteiger partial charge in [-0.2, -0.15) is 0 Å². The van der Waals surface area contributed by atoms with Crippen molar-refractivity contribution in [3.63, 3.8) is 0 Å². The van der Waals surface area contributed by atoms with Crippen LogP contribution in [0.3, 0.4) is 0 Å². The lowest BCUT2D eigenvalue weighted by Crippen LogP contribution is -2.23. The quantitative estimate of drug-likeness (QED) is 0.693. The maximum absolute atomic E-state index is 12.4. The minimum absolute atomic E-state index is 0.121. The molecule has 0 aliphatic heterocycles. The Balaban J connectivity index is 2.04. The number of hydrogen-bond donors (Lipinski definition) is 0. The van der Waals surface area contributed by atoms with Crippen LogP contribution in [0.5, 0.6) is 0 Å². The number of nitrogens with zero attached hydrogens (tertiary/aromatic N) is 1. The van der Waals surface area contributed by atoms with Crippen LogP contribution in [0.4, 0.5) is 0 Å². The fourth-order valence-electron chi connectivity index (χ4n) is 2.08. The number of unbranched alkanes of at least 4 members (excludes halogenated alkanes) is 1. The van der Waals surface area contributed by atoms with Crippen LogP contribution in [0, 0.1) is 0 Å². The predicted molar refractivity (Wildman–Crippen MR) is 88.8 cm³/mol. The lowest BCUT2D eigenvalue weighted by molar-refractivity contribution is -0.169. The predicted octanol–water partition coefficient (Wildman–Crippen LogP) is 3.60. The first-order chi connectivity index (χ1) is 11.7. The molecule has 1 unspecified atom stereocenters. The Hall–Kier alpha value is -2.69. The number of pyridine rings is 1. The maximum atomic E-state index is 12.4. The fraction of sp³-hybridized carbons (Fsp3) is 0.316. The van der Waals surface area contributed by atoms with Crippen LogP contribution in [-0.2, 0) is 25.7 Å². The molecule has 0 amide bonds. The topological polar surface area (TPSA) is 65.5 Å². The highest BCUT2D eigenvalue weighted by atomic mass is 16.6. The fourth-order valence-corrected chi connectivity index (χ4v) is 2.08. The summed E-state index contributed by atoms with van der Waals surface area (Å²) in [5.41, 5.74) is 1.23. The van der Waals surface area contributed by atoms with E-state index in [2.05, 4.69) is 4.98 Å². The van der Waals surface area contributed by atoms with Gasteiger partial charge in [-0.1, -0.05) is 49.7 Å². The number of aromatic nitrogens is 1. The van der Waals surface area contributed by atoms with Gasteiger partial charge in [-0.25, -0.2) is 4.79 Å². The van der Waals surface area contributed by atoms with Crippen molar-refractivity contribution in [3.8, 4) is 0 Å². The molecule has 126 valence electrons. The van der Waals surface area contributed by atoms with Crippen LogP contribution < -0.4 is 0 Å². The van der Waals surface area contributed by atoms with E-state index >= 15 is 0 Å². The van der Waals surface area contributed by atoms with Crippen molar-refractivity contribution < 1.29 is 19.1 Å². The molecule has 0 saturated carbocycles. The van der Waals surface area contributed by atoms with E-state index in [1.165, 1.54) is 0 Å². The van der Waals surface area contributed by atoms with E-state index in [9.17, 15) is 9.59 Å². The molecular formula is C19H21NO4. The Morgan fingerprint density at radius 1 is 1.08 bits per heavy atom.